The van der Waals surface area contributed by atoms with Gasteiger partial charge in [-0.25, -0.2) is 0 Å². The number of methoxy groups -OCH3 is 1. The topological polar surface area (TPSA) is 79.5 Å². The van der Waals surface area contributed by atoms with Crippen LogP contribution in [0.3, 0.4) is 0 Å². The van der Waals surface area contributed by atoms with E-state index < -0.39 is 0 Å². The predicted octanol–water partition coefficient (Wildman–Crippen LogP) is 3.49. The van der Waals surface area contributed by atoms with Crippen LogP contribution in [0.25, 0.3) is 6.08 Å². The van der Waals surface area contributed by atoms with Gasteiger partial charge in [-0.1, -0.05) is 18.2 Å². The molecule has 0 aliphatic heterocycles. The van der Waals surface area contributed by atoms with Gasteiger partial charge in [-0.2, -0.15) is 0 Å². The zero-order valence-corrected chi connectivity index (χ0v) is 16.1. The van der Waals surface area contributed by atoms with Crippen molar-refractivity contribution in [3.05, 3.63) is 59.7 Å². The first-order valence-corrected chi connectivity index (χ1v) is 8.60. The molecule has 0 atom stereocenters. The minimum atomic E-state index is -0.350. The van der Waals surface area contributed by atoms with Crippen molar-refractivity contribution >= 4 is 46.6 Å². The van der Waals surface area contributed by atoms with Crippen molar-refractivity contribution in [2.75, 3.05) is 17.7 Å². The fourth-order valence-corrected chi connectivity index (χ4v) is 2.45. The summed E-state index contributed by atoms with van der Waals surface area (Å²) in [7, 11) is 1.60. The number of aryl methyl sites for hydroxylation is 1. The van der Waals surface area contributed by atoms with E-state index in [2.05, 4.69) is 16.0 Å². The second-order valence-corrected chi connectivity index (χ2v) is 6.17. The summed E-state index contributed by atoms with van der Waals surface area (Å²) in [5.74, 6) is 0.242. The number of benzene rings is 2. The summed E-state index contributed by atoms with van der Waals surface area (Å²) in [5.41, 5.74) is 3.13. The lowest BCUT2D eigenvalue weighted by Gasteiger charge is -2.12. The molecule has 0 aromatic heterocycles. The molecule has 6 nitrogen and oxygen atoms in total. The van der Waals surface area contributed by atoms with E-state index in [4.69, 9.17) is 17.0 Å². The van der Waals surface area contributed by atoms with Crippen LogP contribution in [0.15, 0.2) is 48.5 Å². The second kappa shape index (κ2) is 9.49. The van der Waals surface area contributed by atoms with Crippen molar-refractivity contribution < 1.29 is 14.3 Å². The van der Waals surface area contributed by atoms with Gasteiger partial charge < -0.3 is 15.4 Å². The SMILES string of the molecule is COc1ccc(/C=C/C(=O)NC(=S)Nc2ccc(C)c(NC(C)=O)c2)cc1. The molecule has 2 aromatic carbocycles. The van der Waals surface area contributed by atoms with Gasteiger partial charge in [0.25, 0.3) is 0 Å². The number of carbonyl (C=O) groups is 2. The lowest BCUT2D eigenvalue weighted by Crippen LogP contribution is -2.32. The summed E-state index contributed by atoms with van der Waals surface area (Å²) in [4.78, 5) is 23.2. The van der Waals surface area contributed by atoms with Gasteiger partial charge in [0.1, 0.15) is 5.75 Å². The number of thiocarbonyl (C=S) groups is 1. The van der Waals surface area contributed by atoms with E-state index in [0.717, 1.165) is 16.9 Å². The molecule has 0 aliphatic rings. The second-order valence-electron chi connectivity index (χ2n) is 5.76. The molecule has 0 spiro atoms. The van der Waals surface area contributed by atoms with Crippen LogP contribution in [0.1, 0.15) is 18.1 Å². The van der Waals surface area contributed by atoms with Gasteiger partial charge in [0.2, 0.25) is 11.8 Å². The highest BCUT2D eigenvalue weighted by Crippen LogP contribution is 2.20. The standard InChI is InChI=1S/C20H21N3O3S/c1-13-4-8-16(12-18(13)21-14(2)24)22-20(27)23-19(25)11-7-15-5-9-17(26-3)10-6-15/h4-12H,1-3H3,(H,21,24)(H2,22,23,25,27)/b11-7+. The molecule has 0 saturated heterocycles. The van der Waals surface area contributed by atoms with Crippen LogP contribution in [0.5, 0.6) is 5.75 Å². The molecule has 0 saturated carbocycles. The highest BCUT2D eigenvalue weighted by atomic mass is 32.1. The Labute approximate surface area is 163 Å². The maximum atomic E-state index is 12.0. The fourth-order valence-electron chi connectivity index (χ4n) is 2.23. The Hall–Kier alpha value is -3.19. The maximum Gasteiger partial charge on any atom is 0.250 e. The minimum Gasteiger partial charge on any atom is -0.497 e. The van der Waals surface area contributed by atoms with Crippen LogP contribution < -0.4 is 20.7 Å². The average Bonchev–Trinajstić information content (AvgIpc) is 2.62. The molecule has 2 aromatic rings. The van der Waals surface area contributed by atoms with Gasteiger partial charge in [0.05, 0.1) is 7.11 Å². The molecule has 0 radical (unpaired) electrons. The first-order valence-electron chi connectivity index (χ1n) is 8.19. The highest BCUT2D eigenvalue weighted by molar-refractivity contribution is 7.80. The minimum absolute atomic E-state index is 0.158. The predicted molar refractivity (Wildman–Crippen MR) is 112 cm³/mol. The monoisotopic (exact) mass is 383 g/mol. The number of hydrogen-bond donors (Lipinski definition) is 3. The van der Waals surface area contributed by atoms with Gasteiger partial charge in [-0.05, 0) is 60.6 Å². The highest BCUT2D eigenvalue weighted by Gasteiger charge is 2.05. The van der Waals surface area contributed by atoms with Crippen LogP contribution in [0.4, 0.5) is 11.4 Å². The third-order valence-corrected chi connectivity index (χ3v) is 3.79. The lowest BCUT2D eigenvalue weighted by atomic mass is 10.2. The van der Waals surface area contributed by atoms with Crippen LogP contribution in [-0.4, -0.2) is 24.0 Å². The van der Waals surface area contributed by atoms with Gasteiger partial charge in [0.15, 0.2) is 5.11 Å². The Morgan fingerprint density at radius 3 is 2.41 bits per heavy atom. The molecule has 0 fully saturated rings. The zero-order valence-electron chi connectivity index (χ0n) is 15.3. The Bertz CT molecular complexity index is 877. The summed E-state index contributed by atoms with van der Waals surface area (Å²) in [6.07, 6.45) is 3.08. The average molecular weight is 383 g/mol. The number of carbonyl (C=O) groups excluding carboxylic acids is 2. The van der Waals surface area contributed by atoms with Crippen LogP contribution >= 0.6 is 12.2 Å². The van der Waals surface area contributed by atoms with E-state index in [0.29, 0.717) is 11.4 Å². The van der Waals surface area contributed by atoms with Crippen molar-refractivity contribution in [2.24, 2.45) is 0 Å². The number of anilines is 2. The Morgan fingerprint density at radius 2 is 1.78 bits per heavy atom. The molecule has 140 valence electrons. The normalized spacial score (nSPS) is 10.3. The Balaban J connectivity index is 1.93. The number of rotatable bonds is 5. The number of hydrogen-bond acceptors (Lipinski definition) is 4. The van der Waals surface area contributed by atoms with E-state index >= 15 is 0 Å². The third kappa shape index (κ3) is 6.56. The van der Waals surface area contributed by atoms with Crippen LogP contribution in [-0.2, 0) is 9.59 Å². The van der Waals surface area contributed by atoms with Gasteiger partial charge in [-0.15, -0.1) is 0 Å². The first kappa shape index (κ1) is 20.1. The number of nitrogens with one attached hydrogen (secondary N) is 3. The molecule has 27 heavy (non-hydrogen) atoms. The molecule has 0 aliphatic carbocycles. The summed E-state index contributed by atoms with van der Waals surface area (Å²) in [5, 5.41) is 8.41. The van der Waals surface area contributed by atoms with Crippen LogP contribution in [0, 0.1) is 6.92 Å². The van der Waals surface area contributed by atoms with Gasteiger partial charge in [-0.3, -0.25) is 14.9 Å². The summed E-state index contributed by atoms with van der Waals surface area (Å²) in [6, 6.07) is 12.7. The van der Waals surface area contributed by atoms with Crippen molar-refractivity contribution in [2.45, 2.75) is 13.8 Å². The van der Waals surface area contributed by atoms with Crippen molar-refractivity contribution in [1.29, 1.82) is 0 Å². The fraction of sp³-hybridized carbons (Fsp3) is 0.150. The Kier molecular flexibility index (Phi) is 7.08. The molecule has 2 amide bonds. The molecular formula is C20H21N3O3S. The number of ether oxygens (including phenoxy) is 1. The zero-order chi connectivity index (χ0) is 19.8. The van der Waals surface area contributed by atoms with E-state index in [9.17, 15) is 9.59 Å². The van der Waals surface area contributed by atoms with Crippen molar-refractivity contribution in [3.8, 4) is 5.75 Å². The molecule has 3 N–H and O–H groups in total. The first-order chi connectivity index (χ1) is 12.9. The van der Waals surface area contributed by atoms with E-state index in [-0.39, 0.29) is 16.9 Å². The lowest BCUT2D eigenvalue weighted by molar-refractivity contribution is -0.115. The van der Waals surface area contributed by atoms with E-state index in [1.54, 1.807) is 19.3 Å². The molecule has 0 unspecified atom stereocenters. The van der Waals surface area contributed by atoms with Crippen molar-refractivity contribution in [3.63, 3.8) is 0 Å². The van der Waals surface area contributed by atoms with E-state index in [1.807, 2.05) is 43.3 Å². The number of amides is 2. The summed E-state index contributed by atoms with van der Waals surface area (Å²) < 4.78 is 5.09. The van der Waals surface area contributed by atoms with Gasteiger partial charge in [0, 0.05) is 24.4 Å². The van der Waals surface area contributed by atoms with Crippen LogP contribution in [0.2, 0.25) is 0 Å². The Morgan fingerprint density at radius 1 is 1.07 bits per heavy atom. The van der Waals surface area contributed by atoms with Crippen molar-refractivity contribution in [1.82, 2.24) is 5.32 Å². The third-order valence-electron chi connectivity index (χ3n) is 3.59. The van der Waals surface area contributed by atoms with Gasteiger partial charge >= 0.3 is 0 Å². The van der Waals surface area contributed by atoms with E-state index in [1.165, 1.54) is 13.0 Å². The largest absolute Gasteiger partial charge is 0.497 e. The summed E-state index contributed by atoms with van der Waals surface area (Å²) >= 11 is 5.16. The quantitative estimate of drug-likeness (QED) is 0.544. The molecular weight excluding hydrogens is 362 g/mol. The molecule has 0 bridgehead atoms. The smallest absolute Gasteiger partial charge is 0.250 e. The maximum absolute atomic E-state index is 12.0. The molecule has 0 heterocycles. The molecule has 7 heteroatoms. The summed E-state index contributed by atoms with van der Waals surface area (Å²) in [6.45, 7) is 3.33. The molecule has 2 rings (SSSR count).